The number of rotatable bonds is 2. The number of nitrogens with two attached hydrogens (primary N) is 1. The van der Waals surface area contributed by atoms with Crippen molar-refractivity contribution in [1.82, 2.24) is 4.98 Å². The van der Waals surface area contributed by atoms with Gasteiger partial charge in [-0.3, -0.25) is 0 Å². The van der Waals surface area contributed by atoms with Gasteiger partial charge < -0.3 is 5.73 Å². The van der Waals surface area contributed by atoms with E-state index in [1.165, 1.54) is 17.8 Å². The summed E-state index contributed by atoms with van der Waals surface area (Å²) in [7, 11) is 0. The zero-order chi connectivity index (χ0) is 10.3. The SMILES string of the molecule is Nc1ccccc1-c1csc(C2CC2)n1. The number of nitrogen functional groups attached to an aromatic ring is 1. The highest BCUT2D eigenvalue weighted by Gasteiger charge is 2.26. The van der Waals surface area contributed by atoms with Gasteiger partial charge in [0.15, 0.2) is 0 Å². The van der Waals surface area contributed by atoms with Crippen molar-refractivity contribution in [3.05, 3.63) is 34.7 Å². The monoisotopic (exact) mass is 216 g/mol. The molecule has 1 fully saturated rings. The van der Waals surface area contributed by atoms with Crippen molar-refractivity contribution in [2.24, 2.45) is 0 Å². The van der Waals surface area contributed by atoms with Crippen molar-refractivity contribution >= 4 is 17.0 Å². The maximum atomic E-state index is 5.92. The number of nitrogens with zero attached hydrogens (tertiary/aromatic N) is 1. The third kappa shape index (κ3) is 1.63. The molecule has 3 heteroatoms. The van der Waals surface area contributed by atoms with Gasteiger partial charge in [-0.1, -0.05) is 18.2 Å². The first kappa shape index (κ1) is 8.92. The first-order valence-corrected chi connectivity index (χ1v) is 6.03. The average Bonchev–Trinajstić information content (AvgIpc) is 2.99. The molecule has 2 N–H and O–H groups in total. The molecular formula is C12H12N2S. The summed E-state index contributed by atoms with van der Waals surface area (Å²) in [6.45, 7) is 0. The predicted octanol–water partition coefficient (Wildman–Crippen LogP) is 3.27. The number of anilines is 1. The Morgan fingerprint density at radius 2 is 2.07 bits per heavy atom. The Hall–Kier alpha value is -1.35. The lowest BCUT2D eigenvalue weighted by molar-refractivity contribution is 1.09. The molecule has 2 aromatic rings. The van der Waals surface area contributed by atoms with Gasteiger partial charge in [-0.25, -0.2) is 4.98 Å². The number of para-hydroxylation sites is 1. The summed E-state index contributed by atoms with van der Waals surface area (Å²) in [4.78, 5) is 4.64. The van der Waals surface area contributed by atoms with E-state index in [9.17, 15) is 0 Å². The van der Waals surface area contributed by atoms with Crippen molar-refractivity contribution in [3.63, 3.8) is 0 Å². The lowest BCUT2D eigenvalue weighted by Gasteiger charge is -2.00. The second kappa shape index (κ2) is 3.35. The molecule has 1 aromatic carbocycles. The lowest BCUT2D eigenvalue weighted by Crippen LogP contribution is -1.89. The minimum atomic E-state index is 0.730. The molecule has 1 heterocycles. The van der Waals surface area contributed by atoms with Gasteiger partial charge in [0, 0.05) is 22.5 Å². The highest BCUT2D eigenvalue weighted by molar-refractivity contribution is 7.10. The van der Waals surface area contributed by atoms with Gasteiger partial charge in [0.05, 0.1) is 10.7 Å². The minimum absolute atomic E-state index is 0.730. The minimum Gasteiger partial charge on any atom is -0.398 e. The number of aromatic nitrogens is 1. The summed E-state index contributed by atoms with van der Waals surface area (Å²) < 4.78 is 0. The number of hydrogen-bond acceptors (Lipinski definition) is 3. The lowest BCUT2D eigenvalue weighted by atomic mass is 10.1. The molecule has 1 aromatic heterocycles. The van der Waals surface area contributed by atoms with Crippen LogP contribution in [0.15, 0.2) is 29.6 Å². The third-order valence-electron chi connectivity index (χ3n) is 2.69. The first-order chi connectivity index (χ1) is 7.34. The zero-order valence-corrected chi connectivity index (χ0v) is 9.13. The van der Waals surface area contributed by atoms with Crippen LogP contribution in [0.4, 0.5) is 5.69 Å². The second-order valence-corrected chi connectivity index (χ2v) is 4.82. The molecule has 0 amide bonds. The fourth-order valence-electron chi connectivity index (χ4n) is 1.66. The van der Waals surface area contributed by atoms with Crippen molar-refractivity contribution in [1.29, 1.82) is 0 Å². The molecule has 0 saturated heterocycles. The van der Waals surface area contributed by atoms with Crippen molar-refractivity contribution < 1.29 is 0 Å². The molecule has 1 aliphatic rings. The van der Waals surface area contributed by atoms with E-state index in [0.29, 0.717) is 0 Å². The Balaban J connectivity index is 2.01. The average molecular weight is 216 g/mol. The smallest absolute Gasteiger partial charge is 0.0963 e. The summed E-state index contributed by atoms with van der Waals surface area (Å²) in [5.41, 5.74) is 8.81. The van der Waals surface area contributed by atoms with Gasteiger partial charge in [-0.2, -0.15) is 0 Å². The molecule has 15 heavy (non-hydrogen) atoms. The van der Waals surface area contributed by atoms with Gasteiger partial charge >= 0.3 is 0 Å². The Labute approximate surface area is 92.8 Å². The van der Waals surface area contributed by atoms with Crippen molar-refractivity contribution in [3.8, 4) is 11.3 Å². The Bertz CT molecular complexity index is 486. The highest BCUT2D eigenvalue weighted by Crippen LogP contribution is 2.42. The second-order valence-electron chi connectivity index (χ2n) is 3.93. The van der Waals surface area contributed by atoms with Crippen LogP contribution in [0.3, 0.4) is 0 Å². The molecule has 1 saturated carbocycles. The molecule has 0 spiro atoms. The molecule has 0 radical (unpaired) electrons. The molecule has 76 valence electrons. The quantitative estimate of drug-likeness (QED) is 0.782. The van der Waals surface area contributed by atoms with E-state index in [0.717, 1.165) is 22.9 Å². The van der Waals surface area contributed by atoms with Crippen LogP contribution in [-0.4, -0.2) is 4.98 Å². The molecule has 1 aliphatic carbocycles. The summed E-state index contributed by atoms with van der Waals surface area (Å²) in [5.74, 6) is 0.730. The van der Waals surface area contributed by atoms with Gasteiger partial charge in [0.1, 0.15) is 0 Å². The summed E-state index contributed by atoms with van der Waals surface area (Å²) in [5, 5.41) is 3.38. The molecule has 3 rings (SSSR count). The maximum Gasteiger partial charge on any atom is 0.0963 e. The standard InChI is InChI=1S/C12H12N2S/c13-10-4-2-1-3-9(10)11-7-15-12(14-11)8-5-6-8/h1-4,7-8H,5-6,13H2. The molecule has 0 unspecified atom stereocenters. The fraction of sp³-hybridized carbons (Fsp3) is 0.250. The van der Waals surface area contributed by atoms with Crippen LogP contribution in [0.1, 0.15) is 23.8 Å². The summed E-state index contributed by atoms with van der Waals surface area (Å²) >= 11 is 1.76. The van der Waals surface area contributed by atoms with Crippen LogP contribution < -0.4 is 5.73 Å². The van der Waals surface area contributed by atoms with E-state index in [1.54, 1.807) is 11.3 Å². The van der Waals surface area contributed by atoms with Crippen LogP contribution in [0.5, 0.6) is 0 Å². The topological polar surface area (TPSA) is 38.9 Å². The summed E-state index contributed by atoms with van der Waals surface area (Å²) in [6.07, 6.45) is 2.61. The molecule has 0 atom stereocenters. The third-order valence-corrected chi connectivity index (χ3v) is 3.69. The first-order valence-electron chi connectivity index (χ1n) is 5.15. The van der Waals surface area contributed by atoms with E-state index in [4.69, 9.17) is 5.73 Å². The maximum absolute atomic E-state index is 5.92. The van der Waals surface area contributed by atoms with Crippen molar-refractivity contribution in [2.45, 2.75) is 18.8 Å². The molecule has 0 aliphatic heterocycles. The van der Waals surface area contributed by atoms with E-state index in [2.05, 4.69) is 10.4 Å². The number of thiazole rings is 1. The van der Waals surface area contributed by atoms with E-state index in [1.807, 2.05) is 24.3 Å². The van der Waals surface area contributed by atoms with Crippen LogP contribution in [0.25, 0.3) is 11.3 Å². The Morgan fingerprint density at radius 1 is 1.27 bits per heavy atom. The van der Waals surface area contributed by atoms with Gasteiger partial charge in [-0.05, 0) is 18.9 Å². The van der Waals surface area contributed by atoms with Gasteiger partial charge in [0.25, 0.3) is 0 Å². The van der Waals surface area contributed by atoms with E-state index < -0.39 is 0 Å². The predicted molar refractivity (Wildman–Crippen MR) is 63.9 cm³/mol. The van der Waals surface area contributed by atoms with Crippen molar-refractivity contribution in [2.75, 3.05) is 5.73 Å². The molecule has 0 bridgehead atoms. The van der Waals surface area contributed by atoms with Gasteiger partial charge in [0.2, 0.25) is 0 Å². The Morgan fingerprint density at radius 3 is 2.80 bits per heavy atom. The van der Waals surface area contributed by atoms with Crippen LogP contribution in [-0.2, 0) is 0 Å². The van der Waals surface area contributed by atoms with E-state index >= 15 is 0 Å². The van der Waals surface area contributed by atoms with Crippen LogP contribution in [0, 0.1) is 0 Å². The normalized spacial score (nSPS) is 15.5. The number of benzene rings is 1. The fourth-order valence-corrected chi connectivity index (χ4v) is 2.65. The van der Waals surface area contributed by atoms with Gasteiger partial charge in [-0.15, -0.1) is 11.3 Å². The molecule has 2 nitrogen and oxygen atoms in total. The summed E-state index contributed by atoms with van der Waals surface area (Å²) in [6, 6.07) is 7.90. The molecular weight excluding hydrogens is 204 g/mol. The highest BCUT2D eigenvalue weighted by atomic mass is 32.1. The van der Waals surface area contributed by atoms with E-state index in [-0.39, 0.29) is 0 Å². The zero-order valence-electron chi connectivity index (χ0n) is 8.31. The Kier molecular flexibility index (Phi) is 1.99. The largest absolute Gasteiger partial charge is 0.398 e. The van der Waals surface area contributed by atoms with Crippen LogP contribution in [0.2, 0.25) is 0 Å². The number of hydrogen-bond donors (Lipinski definition) is 1. The van der Waals surface area contributed by atoms with Crippen LogP contribution >= 0.6 is 11.3 Å².